The van der Waals surface area contributed by atoms with Gasteiger partial charge < -0.3 is 0 Å². The van der Waals surface area contributed by atoms with Crippen molar-refractivity contribution < 1.29 is 0 Å². The average Bonchev–Trinajstić information content (AvgIpc) is 2.38. The summed E-state index contributed by atoms with van der Waals surface area (Å²) in [6.07, 6.45) is 1.91. The van der Waals surface area contributed by atoms with Crippen LogP contribution in [0.2, 0.25) is 0 Å². The molecule has 4 heteroatoms. The van der Waals surface area contributed by atoms with E-state index in [0.29, 0.717) is 5.92 Å². The zero-order valence-electron chi connectivity index (χ0n) is 10.3. The van der Waals surface area contributed by atoms with Crippen LogP contribution in [0.25, 0.3) is 11.4 Å². The molecule has 0 aliphatic heterocycles. The van der Waals surface area contributed by atoms with Gasteiger partial charge in [0.25, 0.3) is 0 Å². The predicted molar refractivity (Wildman–Crippen MR) is 81.9 cm³/mol. The molecule has 0 bridgehead atoms. The Morgan fingerprint density at radius 2 is 1.94 bits per heavy atom. The van der Waals surface area contributed by atoms with Crippen LogP contribution in [0.3, 0.4) is 0 Å². The van der Waals surface area contributed by atoms with Gasteiger partial charge in [-0.05, 0) is 12.0 Å². The van der Waals surface area contributed by atoms with E-state index in [4.69, 9.17) is 4.98 Å². The summed E-state index contributed by atoms with van der Waals surface area (Å²) >= 11 is 7.02. The third-order valence-electron chi connectivity index (χ3n) is 2.70. The van der Waals surface area contributed by atoms with Gasteiger partial charge in [-0.3, -0.25) is 0 Å². The van der Waals surface area contributed by atoms with E-state index in [0.717, 1.165) is 32.4 Å². The van der Waals surface area contributed by atoms with Gasteiger partial charge in [0.2, 0.25) is 0 Å². The molecule has 0 saturated carbocycles. The number of rotatable bonds is 3. The highest BCUT2D eigenvalue weighted by Crippen LogP contribution is 2.27. The maximum absolute atomic E-state index is 4.70. The molecule has 18 heavy (non-hydrogen) atoms. The largest absolute Gasteiger partial charge is 0.236 e. The van der Waals surface area contributed by atoms with Crippen LogP contribution in [0.5, 0.6) is 0 Å². The van der Waals surface area contributed by atoms with E-state index in [1.165, 1.54) is 0 Å². The number of hydrogen-bond donors (Lipinski definition) is 0. The summed E-state index contributed by atoms with van der Waals surface area (Å²) < 4.78 is 1.02. The second-order valence-electron chi connectivity index (χ2n) is 4.37. The lowest BCUT2D eigenvalue weighted by Gasteiger charge is -2.11. The Balaban J connectivity index is 2.54. The molecule has 0 N–H and O–H groups in total. The minimum atomic E-state index is 0.391. The molecule has 0 aliphatic carbocycles. The molecule has 0 saturated heterocycles. The highest BCUT2D eigenvalue weighted by molar-refractivity contribution is 9.10. The fraction of sp³-hybridized carbons (Fsp3) is 0.286. The quantitative estimate of drug-likeness (QED) is 0.717. The van der Waals surface area contributed by atoms with E-state index in [1.807, 2.05) is 30.5 Å². The molecule has 0 radical (unpaired) electrons. The van der Waals surface area contributed by atoms with E-state index in [9.17, 15) is 0 Å². The van der Waals surface area contributed by atoms with Gasteiger partial charge >= 0.3 is 0 Å². The molecule has 0 unspecified atom stereocenters. The lowest BCUT2D eigenvalue weighted by Crippen LogP contribution is -2.02. The molecule has 2 aromatic rings. The first-order valence-corrected chi connectivity index (χ1v) is 7.71. The van der Waals surface area contributed by atoms with E-state index < -0.39 is 0 Å². The number of benzene rings is 1. The molecule has 0 spiro atoms. The first kappa shape index (κ1) is 13.7. The second kappa shape index (κ2) is 5.93. The molecule has 2 rings (SSSR count). The van der Waals surface area contributed by atoms with E-state index in [-0.39, 0.29) is 0 Å². The smallest absolute Gasteiger partial charge is 0.160 e. The van der Waals surface area contributed by atoms with Crippen molar-refractivity contribution in [3.05, 3.63) is 46.2 Å². The Morgan fingerprint density at radius 3 is 2.56 bits per heavy atom. The van der Waals surface area contributed by atoms with Crippen molar-refractivity contribution in [1.82, 2.24) is 9.97 Å². The Hall–Kier alpha value is -0.740. The zero-order valence-corrected chi connectivity index (χ0v) is 13.5. The van der Waals surface area contributed by atoms with Gasteiger partial charge in [0, 0.05) is 27.1 Å². The Labute approximate surface area is 124 Å². The van der Waals surface area contributed by atoms with Crippen LogP contribution in [0, 0.1) is 0 Å². The maximum atomic E-state index is 4.70. The molecule has 0 amide bonds. The summed E-state index contributed by atoms with van der Waals surface area (Å²) in [5.41, 5.74) is 3.29. The number of hydrogen-bond acceptors (Lipinski definition) is 2. The van der Waals surface area contributed by atoms with Gasteiger partial charge in [0.15, 0.2) is 5.82 Å². The summed E-state index contributed by atoms with van der Waals surface area (Å²) in [6, 6.07) is 8.02. The minimum Gasteiger partial charge on any atom is -0.236 e. The van der Waals surface area contributed by atoms with Crippen LogP contribution in [0.4, 0.5) is 0 Å². The third-order valence-corrected chi connectivity index (χ3v) is 4.00. The topological polar surface area (TPSA) is 25.8 Å². The van der Waals surface area contributed by atoms with Crippen molar-refractivity contribution in [1.29, 1.82) is 0 Å². The maximum Gasteiger partial charge on any atom is 0.160 e. The lowest BCUT2D eigenvalue weighted by molar-refractivity contribution is 0.803. The normalized spacial score (nSPS) is 10.9. The molecule has 1 heterocycles. The van der Waals surface area contributed by atoms with Crippen molar-refractivity contribution >= 4 is 31.9 Å². The first-order chi connectivity index (χ1) is 8.63. The van der Waals surface area contributed by atoms with Crippen molar-refractivity contribution in [2.24, 2.45) is 0 Å². The van der Waals surface area contributed by atoms with Crippen LogP contribution in [0.15, 0.2) is 34.9 Å². The Morgan fingerprint density at radius 1 is 1.22 bits per heavy atom. The summed E-state index contributed by atoms with van der Waals surface area (Å²) in [4.78, 5) is 9.16. The molecule has 94 valence electrons. The monoisotopic (exact) mass is 368 g/mol. The van der Waals surface area contributed by atoms with Crippen molar-refractivity contribution in [3.63, 3.8) is 0 Å². The van der Waals surface area contributed by atoms with Gasteiger partial charge in [-0.2, -0.15) is 0 Å². The molecule has 0 aliphatic rings. The van der Waals surface area contributed by atoms with Crippen LogP contribution in [-0.2, 0) is 5.33 Å². The highest BCUT2D eigenvalue weighted by atomic mass is 79.9. The highest BCUT2D eigenvalue weighted by Gasteiger charge is 2.12. The number of alkyl halides is 1. The SMILES string of the molecule is CC(C)c1nc(-c2ccccc2Br)ncc1CBr. The molecule has 2 nitrogen and oxygen atoms in total. The number of nitrogens with zero attached hydrogens (tertiary/aromatic N) is 2. The standard InChI is InChI=1S/C14H14Br2N2/c1-9(2)13-10(7-15)8-17-14(18-13)11-5-3-4-6-12(11)16/h3-6,8-9H,7H2,1-2H3. The van der Waals surface area contributed by atoms with Crippen LogP contribution in [-0.4, -0.2) is 9.97 Å². The van der Waals surface area contributed by atoms with Gasteiger partial charge in [-0.1, -0.05) is 63.9 Å². The van der Waals surface area contributed by atoms with E-state index in [1.54, 1.807) is 0 Å². The molecule has 1 aromatic carbocycles. The van der Waals surface area contributed by atoms with Crippen LogP contribution < -0.4 is 0 Å². The summed E-state index contributed by atoms with van der Waals surface area (Å²) in [6.45, 7) is 4.30. The zero-order chi connectivity index (χ0) is 13.1. The van der Waals surface area contributed by atoms with E-state index >= 15 is 0 Å². The minimum absolute atomic E-state index is 0.391. The molecule has 0 fully saturated rings. The van der Waals surface area contributed by atoms with Crippen molar-refractivity contribution in [2.45, 2.75) is 25.1 Å². The van der Waals surface area contributed by atoms with Crippen LogP contribution in [0.1, 0.15) is 31.0 Å². The lowest BCUT2D eigenvalue weighted by atomic mass is 10.1. The van der Waals surface area contributed by atoms with Gasteiger partial charge in [0.1, 0.15) is 0 Å². The Kier molecular flexibility index (Phi) is 4.51. The summed E-state index contributed by atoms with van der Waals surface area (Å²) in [7, 11) is 0. The van der Waals surface area contributed by atoms with Gasteiger partial charge in [-0.25, -0.2) is 9.97 Å². The fourth-order valence-corrected chi connectivity index (χ4v) is 2.69. The third kappa shape index (κ3) is 2.81. The molecular weight excluding hydrogens is 356 g/mol. The average molecular weight is 370 g/mol. The molecular formula is C14H14Br2N2. The second-order valence-corrected chi connectivity index (χ2v) is 5.79. The number of aromatic nitrogens is 2. The molecule has 0 atom stereocenters. The van der Waals surface area contributed by atoms with E-state index in [2.05, 4.69) is 50.7 Å². The van der Waals surface area contributed by atoms with Crippen LogP contribution >= 0.6 is 31.9 Å². The number of halogens is 2. The Bertz CT molecular complexity index is 553. The predicted octanol–water partition coefficient (Wildman–Crippen LogP) is 4.92. The van der Waals surface area contributed by atoms with Gasteiger partial charge in [-0.15, -0.1) is 0 Å². The van der Waals surface area contributed by atoms with Crippen molar-refractivity contribution in [3.8, 4) is 11.4 Å². The summed E-state index contributed by atoms with van der Waals surface area (Å²) in [5.74, 6) is 1.16. The fourth-order valence-electron chi connectivity index (χ4n) is 1.80. The first-order valence-electron chi connectivity index (χ1n) is 5.80. The molecule has 1 aromatic heterocycles. The van der Waals surface area contributed by atoms with Gasteiger partial charge in [0.05, 0.1) is 5.69 Å². The van der Waals surface area contributed by atoms with Crippen molar-refractivity contribution in [2.75, 3.05) is 0 Å². The summed E-state index contributed by atoms with van der Waals surface area (Å²) in [5, 5.41) is 0.788.